The number of benzene rings is 2. The lowest BCUT2D eigenvalue weighted by atomic mass is 9.84. The molecule has 2 aromatic rings. The second-order valence-electron chi connectivity index (χ2n) is 11.4. The predicted octanol–water partition coefficient (Wildman–Crippen LogP) is 5.60. The number of anilines is 1. The van der Waals surface area contributed by atoms with Crippen LogP contribution in [0.1, 0.15) is 87.4 Å². The predicted molar refractivity (Wildman–Crippen MR) is 146 cm³/mol. The van der Waals surface area contributed by atoms with Crippen molar-refractivity contribution >= 4 is 17.3 Å². The third-order valence-corrected chi connectivity index (χ3v) is 7.92. The normalized spacial score (nSPS) is 17.9. The van der Waals surface area contributed by atoms with E-state index in [9.17, 15) is 9.90 Å². The number of phenols is 1. The Morgan fingerprint density at radius 1 is 1.03 bits per heavy atom. The van der Waals surface area contributed by atoms with Crippen molar-refractivity contribution in [2.24, 2.45) is 0 Å². The molecule has 1 saturated carbocycles. The third kappa shape index (κ3) is 4.32. The van der Waals surface area contributed by atoms with E-state index in [1.807, 2.05) is 43.0 Å². The number of ether oxygens (including phenoxy) is 2. The zero-order valence-corrected chi connectivity index (χ0v) is 22.7. The summed E-state index contributed by atoms with van der Waals surface area (Å²) in [5.41, 5.74) is 3.34. The van der Waals surface area contributed by atoms with Gasteiger partial charge in [-0.1, -0.05) is 20.8 Å². The van der Waals surface area contributed by atoms with Gasteiger partial charge in [-0.2, -0.15) is 0 Å². The number of rotatable bonds is 8. The number of nitrogens with zero attached hydrogens (tertiary/aromatic N) is 2. The van der Waals surface area contributed by atoms with Crippen LogP contribution in [0.3, 0.4) is 0 Å². The van der Waals surface area contributed by atoms with Crippen molar-refractivity contribution in [3.05, 3.63) is 46.5 Å². The monoisotopic (exact) mass is 505 g/mol. The summed E-state index contributed by atoms with van der Waals surface area (Å²) in [5, 5.41) is 20.2. The van der Waals surface area contributed by atoms with E-state index in [0.29, 0.717) is 36.1 Å². The van der Waals surface area contributed by atoms with Gasteiger partial charge in [0.15, 0.2) is 17.3 Å². The van der Waals surface area contributed by atoms with Crippen molar-refractivity contribution in [1.29, 1.82) is 5.41 Å². The molecule has 0 bridgehead atoms. The smallest absolute Gasteiger partial charge is 0.182 e. The Morgan fingerprint density at radius 2 is 1.65 bits per heavy atom. The van der Waals surface area contributed by atoms with Gasteiger partial charge < -0.3 is 24.4 Å². The number of carbonyl (C=O) groups is 1. The van der Waals surface area contributed by atoms with E-state index >= 15 is 0 Å². The lowest BCUT2D eigenvalue weighted by molar-refractivity contribution is 0.0943. The van der Waals surface area contributed by atoms with Gasteiger partial charge in [0.05, 0.1) is 31.0 Å². The molecule has 1 aliphatic carbocycles. The maximum Gasteiger partial charge on any atom is 0.182 e. The maximum atomic E-state index is 13.8. The highest BCUT2D eigenvalue weighted by Gasteiger charge is 2.57. The van der Waals surface area contributed by atoms with Crippen LogP contribution < -0.4 is 14.4 Å². The minimum absolute atomic E-state index is 0.0372. The number of amidine groups is 1. The summed E-state index contributed by atoms with van der Waals surface area (Å²) < 4.78 is 11.7. The van der Waals surface area contributed by atoms with Gasteiger partial charge >= 0.3 is 0 Å². The molecule has 0 aromatic heterocycles. The molecule has 7 heteroatoms. The molecule has 2 aromatic carbocycles. The summed E-state index contributed by atoms with van der Waals surface area (Å²) >= 11 is 0. The van der Waals surface area contributed by atoms with Gasteiger partial charge in [0.2, 0.25) is 0 Å². The summed E-state index contributed by atoms with van der Waals surface area (Å²) in [4.78, 5) is 18.0. The SMILES string of the molecule is CCOc1cc2c(cc1OCC)C1(CC1)N(CC(=O)c1cc(N3CCCC3)c(O)c(C(C)(C)C)c1)C2=N. The fourth-order valence-electron chi connectivity index (χ4n) is 5.86. The van der Waals surface area contributed by atoms with Crippen LogP contribution in [0.2, 0.25) is 0 Å². The molecule has 5 rings (SSSR count). The average Bonchev–Trinajstić information content (AvgIpc) is 3.40. The first-order chi connectivity index (χ1) is 17.6. The standard InChI is InChI=1S/C30H39N3O4/c1-6-36-25-16-20-21(17-26(25)37-7-2)30(10-11-30)33(28(20)31)18-24(34)19-14-22(29(3,4)5)27(35)23(15-19)32-12-8-9-13-32/h14-17,31,35H,6-13,18H2,1-5H3. The van der Waals surface area contributed by atoms with E-state index in [1.165, 1.54) is 0 Å². The zero-order chi connectivity index (χ0) is 26.5. The van der Waals surface area contributed by atoms with Crippen molar-refractivity contribution < 1.29 is 19.4 Å². The first-order valence-corrected chi connectivity index (χ1v) is 13.6. The summed E-state index contributed by atoms with van der Waals surface area (Å²) in [6.07, 6.45) is 3.97. The summed E-state index contributed by atoms with van der Waals surface area (Å²) in [6.45, 7) is 13.0. The van der Waals surface area contributed by atoms with Crippen LogP contribution in [0.15, 0.2) is 24.3 Å². The van der Waals surface area contributed by atoms with Crippen LogP contribution in [0.5, 0.6) is 17.2 Å². The van der Waals surface area contributed by atoms with Crippen molar-refractivity contribution in [1.82, 2.24) is 4.90 Å². The molecule has 2 aliphatic heterocycles. The highest BCUT2D eigenvalue weighted by molar-refractivity contribution is 6.07. The van der Waals surface area contributed by atoms with Crippen LogP contribution in [0.4, 0.5) is 5.69 Å². The number of aromatic hydroxyl groups is 1. The van der Waals surface area contributed by atoms with Crippen LogP contribution in [0.25, 0.3) is 0 Å². The number of phenolic OH excluding ortho intramolecular Hbond substituents is 1. The van der Waals surface area contributed by atoms with E-state index in [2.05, 4.69) is 25.7 Å². The molecule has 0 unspecified atom stereocenters. The van der Waals surface area contributed by atoms with Gasteiger partial charge in [-0.3, -0.25) is 10.2 Å². The van der Waals surface area contributed by atoms with Crippen molar-refractivity contribution in [3.63, 3.8) is 0 Å². The molecule has 198 valence electrons. The number of hydrogen-bond donors (Lipinski definition) is 2. The fourth-order valence-corrected chi connectivity index (χ4v) is 5.86. The molecule has 37 heavy (non-hydrogen) atoms. The number of hydrogen-bond acceptors (Lipinski definition) is 6. The minimum Gasteiger partial charge on any atom is -0.505 e. The third-order valence-electron chi connectivity index (χ3n) is 7.92. The molecular formula is C30H39N3O4. The fraction of sp³-hybridized carbons (Fsp3) is 0.533. The van der Waals surface area contributed by atoms with Crippen LogP contribution in [-0.2, 0) is 11.0 Å². The van der Waals surface area contributed by atoms with Gasteiger partial charge in [-0.05, 0) is 74.8 Å². The average molecular weight is 506 g/mol. The Morgan fingerprint density at radius 3 is 2.22 bits per heavy atom. The number of ketones is 1. The second kappa shape index (κ2) is 9.26. The second-order valence-corrected chi connectivity index (χ2v) is 11.4. The zero-order valence-electron chi connectivity index (χ0n) is 22.7. The van der Waals surface area contributed by atoms with Gasteiger partial charge in [-0.15, -0.1) is 0 Å². The van der Waals surface area contributed by atoms with E-state index in [1.54, 1.807) is 0 Å². The summed E-state index contributed by atoms with van der Waals surface area (Å²) in [6, 6.07) is 7.62. The molecule has 0 radical (unpaired) electrons. The molecule has 2 N–H and O–H groups in total. The van der Waals surface area contributed by atoms with Gasteiger partial charge in [0.1, 0.15) is 11.6 Å². The molecular weight excluding hydrogens is 466 g/mol. The van der Waals surface area contributed by atoms with Crippen molar-refractivity contribution in [3.8, 4) is 17.2 Å². The minimum atomic E-state index is -0.333. The topological polar surface area (TPSA) is 86.1 Å². The number of carbonyl (C=O) groups excluding carboxylic acids is 1. The first kappa shape index (κ1) is 25.4. The Labute approximate surface area is 219 Å². The first-order valence-electron chi connectivity index (χ1n) is 13.6. The van der Waals surface area contributed by atoms with E-state index < -0.39 is 0 Å². The van der Waals surface area contributed by atoms with Crippen LogP contribution in [0, 0.1) is 5.41 Å². The summed E-state index contributed by atoms with van der Waals surface area (Å²) in [7, 11) is 0. The molecule has 0 amide bonds. The number of Topliss-reactive ketones (excluding diaryl/α,β-unsaturated/α-hetero) is 1. The number of nitrogens with one attached hydrogen (secondary N) is 1. The summed E-state index contributed by atoms with van der Waals surface area (Å²) in [5.74, 6) is 1.93. The van der Waals surface area contributed by atoms with E-state index in [0.717, 1.165) is 61.2 Å². The molecule has 1 saturated heterocycles. The van der Waals surface area contributed by atoms with Crippen LogP contribution >= 0.6 is 0 Å². The highest BCUT2D eigenvalue weighted by atomic mass is 16.5. The van der Waals surface area contributed by atoms with Crippen LogP contribution in [-0.4, -0.2) is 54.5 Å². The molecule has 7 nitrogen and oxygen atoms in total. The highest BCUT2D eigenvalue weighted by Crippen LogP contribution is 2.58. The number of fused-ring (bicyclic) bond motifs is 2. The molecule has 1 spiro atoms. The molecule has 2 heterocycles. The van der Waals surface area contributed by atoms with E-state index in [4.69, 9.17) is 14.9 Å². The van der Waals surface area contributed by atoms with E-state index in [-0.39, 0.29) is 29.0 Å². The van der Waals surface area contributed by atoms with Gasteiger partial charge in [0, 0.05) is 29.8 Å². The Hall–Kier alpha value is -3.22. The Bertz CT molecular complexity index is 1240. The maximum absolute atomic E-state index is 13.8. The Kier molecular flexibility index (Phi) is 6.37. The van der Waals surface area contributed by atoms with Crippen molar-refractivity contribution in [2.75, 3.05) is 37.7 Å². The quantitative estimate of drug-likeness (QED) is 0.454. The van der Waals surface area contributed by atoms with Gasteiger partial charge in [0.25, 0.3) is 0 Å². The largest absolute Gasteiger partial charge is 0.505 e. The molecule has 2 fully saturated rings. The van der Waals surface area contributed by atoms with Gasteiger partial charge in [-0.25, -0.2) is 0 Å². The Balaban J connectivity index is 1.49. The van der Waals surface area contributed by atoms with Crippen molar-refractivity contribution in [2.45, 2.75) is 71.3 Å². The molecule has 0 atom stereocenters. The lowest BCUT2D eigenvalue weighted by Crippen LogP contribution is -2.38. The lowest BCUT2D eigenvalue weighted by Gasteiger charge is -2.29. The molecule has 3 aliphatic rings.